The Bertz CT molecular complexity index is 979. The number of fused-ring (bicyclic) bond motifs is 3. The summed E-state index contributed by atoms with van der Waals surface area (Å²) in [6, 6.07) is 11.8. The highest BCUT2D eigenvalue weighted by molar-refractivity contribution is 5.93. The van der Waals surface area contributed by atoms with Crippen molar-refractivity contribution in [3.05, 3.63) is 54.0 Å². The molecule has 1 aromatic carbocycles. The van der Waals surface area contributed by atoms with E-state index in [0.29, 0.717) is 25.4 Å². The molecule has 0 bridgehead atoms. The van der Waals surface area contributed by atoms with Gasteiger partial charge in [0.2, 0.25) is 0 Å². The number of aromatic nitrogens is 5. The molecule has 0 saturated carbocycles. The Morgan fingerprint density at radius 3 is 2.96 bits per heavy atom. The van der Waals surface area contributed by atoms with Gasteiger partial charge in [0, 0.05) is 25.7 Å². The molecule has 2 aromatic heterocycles. The van der Waals surface area contributed by atoms with Gasteiger partial charge in [0.05, 0.1) is 36.3 Å². The zero-order valence-corrected chi connectivity index (χ0v) is 15.0. The van der Waals surface area contributed by atoms with Crippen LogP contribution in [0, 0.1) is 0 Å². The van der Waals surface area contributed by atoms with Gasteiger partial charge in [-0.25, -0.2) is 4.68 Å². The topological polar surface area (TPSA) is 78.1 Å². The summed E-state index contributed by atoms with van der Waals surface area (Å²) in [5.74, 6) is -0.0159. The fourth-order valence-corrected chi connectivity index (χ4v) is 3.94. The van der Waals surface area contributed by atoms with Crippen molar-refractivity contribution in [2.75, 3.05) is 13.1 Å². The van der Waals surface area contributed by atoms with Crippen molar-refractivity contribution in [3.8, 4) is 11.3 Å². The van der Waals surface area contributed by atoms with Gasteiger partial charge in [-0.15, -0.1) is 5.10 Å². The molecule has 0 unspecified atom stereocenters. The van der Waals surface area contributed by atoms with Gasteiger partial charge in [0.1, 0.15) is 5.69 Å². The van der Waals surface area contributed by atoms with E-state index in [0.717, 1.165) is 23.4 Å². The van der Waals surface area contributed by atoms with E-state index in [1.165, 1.54) is 0 Å². The van der Waals surface area contributed by atoms with E-state index >= 15 is 0 Å². The zero-order chi connectivity index (χ0) is 18.4. The Hall–Kier alpha value is -3.00. The van der Waals surface area contributed by atoms with Crippen LogP contribution < -0.4 is 0 Å². The average molecular weight is 364 g/mol. The minimum Gasteiger partial charge on any atom is -0.370 e. The summed E-state index contributed by atoms with van der Waals surface area (Å²) in [7, 11) is 1.81. The Balaban J connectivity index is 1.40. The number of hydrogen-bond donors (Lipinski definition) is 0. The second-order valence-corrected chi connectivity index (χ2v) is 7.03. The smallest absolute Gasteiger partial charge is 0.272 e. The first kappa shape index (κ1) is 16.2. The van der Waals surface area contributed by atoms with Crippen LogP contribution in [0.25, 0.3) is 11.3 Å². The molecule has 2 atom stereocenters. The highest BCUT2D eigenvalue weighted by Gasteiger charge is 2.38. The van der Waals surface area contributed by atoms with E-state index < -0.39 is 0 Å². The van der Waals surface area contributed by atoms with Crippen LogP contribution in [-0.4, -0.2) is 54.8 Å². The summed E-state index contributed by atoms with van der Waals surface area (Å²) >= 11 is 0. The van der Waals surface area contributed by atoms with E-state index in [4.69, 9.17) is 4.74 Å². The lowest BCUT2D eigenvalue weighted by atomic mass is 10.00. The summed E-state index contributed by atoms with van der Waals surface area (Å²) in [6.07, 6.45) is 2.60. The number of aryl methyl sites for hydroxylation is 1. The van der Waals surface area contributed by atoms with Crippen molar-refractivity contribution >= 4 is 5.91 Å². The third-order valence-electron chi connectivity index (χ3n) is 5.38. The monoisotopic (exact) mass is 364 g/mol. The van der Waals surface area contributed by atoms with Crippen molar-refractivity contribution in [2.45, 2.75) is 25.2 Å². The Morgan fingerprint density at radius 2 is 2.11 bits per heavy atom. The van der Waals surface area contributed by atoms with Gasteiger partial charge >= 0.3 is 0 Å². The lowest BCUT2D eigenvalue weighted by Crippen LogP contribution is -2.50. The molecule has 5 rings (SSSR count). The van der Waals surface area contributed by atoms with Crippen LogP contribution in [0.15, 0.2) is 42.6 Å². The van der Waals surface area contributed by atoms with Crippen molar-refractivity contribution in [3.63, 3.8) is 0 Å². The van der Waals surface area contributed by atoms with Crippen LogP contribution >= 0.6 is 0 Å². The number of hydrogen-bond acceptors (Lipinski definition) is 5. The number of ether oxygens (including phenoxy) is 1. The molecule has 1 fully saturated rings. The molecule has 1 saturated heterocycles. The van der Waals surface area contributed by atoms with Gasteiger partial charge in [-0.05, 0) is 12.5 Å². The van der Waals surface area contributed by atoms with Crippen LogP contribution in [-0.2, 0) is 18.4 Å². The van der Waals surface area contributed by atoms with E-state index in [1.807, 2.05) is 53.0 Å². The normalized spacial score (nSPS) is 21.6. The van der Waals surface area contributed by atoms with Gasteiger partial charge in [0.25, 0.3) is 5.91 Å². The minimum absolute atomic E-state index is 0.00997. The van der Waals surface area contributed by atoms with Gasteiger partial charge in [-0.1, -0.05) is 35.5 Å². The average Bonchev–Trinajstić information content (AvgIpc) is 3.34. The molecule has 0 N–H and O–H groups in total. The summed E-state index contributed by atoms with van der Waals surface area (Å²) in [4.78, 5) is 15.0. The molecule has 1 amide bonds. The summed E-state index contributed by atoms with van der Waals surface area (Å²) in [6.45, 7) is 1.76. The fourth-order valence-electron chi connectivity index (χ4n) is 3.94. The molecule has 3 aromatic rings. The lowest BCUT2D eigenvalue weighted by Gasteiger charge is -2.40. The predicted octanol–water partition coefficient (Wildman–Crippen LogP) is 1.66. The number of nitrogens with zero attached hydrogens (tertiary/aromatic N) is 6. The SMILES string of the molecule is Cn1nc(-c2ccccc2)cc1C(=O)N1CC[C@H]2OCc3cnnn3[C@H]2C1. The van der Waals surface area contributed by atoms with Crippen molar-refractivity contribution in [1.29, 1.82) is 0 Å². The maximum atomic E-state index is 13.2. The third kappa shape index (κ3) is 2.73. The van der Waals surface area contributed by atoms with E-state index in [1.54, 1.807) is 10.9 Å². The zero-order valence-electron chi connectivity index (χ0n) is 15.0. The molecule has 0 spiro atoms. The largest absolute Gasteiger partial charge is 0.370 e. The molecule has 138 valence electrons. The first-order valence-electron chi connectivity index (χ1n) is 9.10. The van der Waals surface area contributed by atoms with Crippen LogP contribution in [0.5, 0.6) is 0 Å². The first-order valence-corrected chi connectivity index (χ1v) is 9.10. The minimum atomic E-state index is -0.0159. The van der Waals surface area contributed by atoms with Gasteiger partial charge in [-0.2, -0.15) is 5.10 Å². The summed E-state index contributed by atoms with van der Waals surface area (Å²) in [5.41, 5.74) is 3.34. The summed E-state index contributed by atoms with van der Waals surface area (Å²) in [5, 5.41) is 12.7. The van der Waals surface area contributed by atoms with Crippen LogP contribution in [0.2, 0.25) is 0 Å². The second-order valence-electron chi connectivity index (χ2n) is 7.03. The predicted molar refractivity (Wildman–Crippen MR) is 96.8 cm³/mol. The number of benzene rings is 1. The van der Waals surface area contributed by atoms with Gasteiger partial charge < -0.3 is 9.64 Å². The Morgan fingerprint density at radius 1 is 1.26 bits per heavy atom. The van der Waals surface area contributed by atoms with Crippen LogP contribution in [0.1, 0.15) is 28.6 Å². The molecule has 4 heterocycles. The maximum Gasteiger partial charge on any atom is 0.272 e. The molecule has 27 heavy (non-hydrogen) atoms. The standard InChI is InChI=1S/C19H20N6O2/c1-23-16(9-15(21-23)13-5-3-2-4-6-13)19(26)24-8-7-18-17(11-24)25-14(12-27-18)10-20-22-25/h2-6,9-10,17-18H,7-8,11-12H2,1H3/t17-,18+/m0/s1. The Labute approximate surface area is 156 Å². The van der Waals surface area contributed by atoms with Crippen LogP contribution in [0.3, 0.4) is 0 Å². The number of carbonyl (C=O) groups is 1. The van der Waals surface area contributed by atoms with E-state index in [2.05, 4.69) is 15.4 Å². The van der Waals surface area contributed by atoms with Gasteiger partial charge in [0.15, 0.2) is 0 Å². The highest BCUT2D eigenvalue weighted by Crippen LogP contribution is 2.31. The van der Waals surface area contributed by atoms with Crippen molar-refractivity contribution in [1.82, 2.24) is 29.7 Å². The third-order valence-corrected chi connectivity index (χ3v) is 5.38. The molecule has 0 radical (unpaired) electrons. The first-order chi connectivity index (χ1) is 13.2. The number of likely N-dealkylation sites (tertiary alicyclic amines) is 1. The van der Waals surface area contributed by atoms with Crippen molar-refractivity contribution < 1.29 is 9.53 Å². The molecule has 0 aliphatic carbocycles. The molecular formula is C19H20N6O2. The maximum absolute atomic E-state index is 13.2. The Kier molecular flexibility index (Phi) is 3.78. The fraction of sp³-hybridized carbons (Fsp3) is 0.368. The number of carbonyl (C=O) groups excluding carboxylic acids is 1. The summed E-state index contributed by atoms with van der Waals surface area (Å²) < 4.78 is 9.50. The van der Waals surface area contributed by atoms with Crippen LogP contribution in [0.4, 0.5) is 0 Å². The molecule has 8 nitrogen and oxygen atoms in total. The van der Waals surface area contributed by atoms with E-state index in [-0.39, 0.29) is 18.1 Å². The number of amides is 1. The molecule has 8 heteroatoms. The van der Waals surface area contributed by atoms with Gasteiger partial charge in [-0.3, -0.25) is 9.48 Å². The second kappa shape index (κ2) is 6.31. The molecular weight excluding hydrogens is 344 g/mol. The number of rotatable bonds is 2. The van der Waals surface area contributed by atoms with Crippen molar-refractivity contribution in [2.24, 2.45) is 7.05 Å². The number of piperidine rings is 1. The highest BCUT2D eigenvalue weighted by atomic mass is 16.5. The molecule has 2 aliphatic heterocycles. The van der Waals surface area contributed by atoms with E-state index in [9.17, 15) is 4.79 Å². The molecule has 2 aliphatic rings. The lowest BCUT2D eigenvalue weighted by molar-refractivity contribution is -0.0606. The quantitative estimate of drug-likeness (QED) is 0.691.